The minimum atomic E-state index is -0.0168. The quantitative estimate of drug-likeness (QED) is 0.887. The first-order valence-electron chi connectivity index (χ1n) is 6.47. The maximum absolute atomic E-state index is 12.4. The number of likely N-dealkylation sites (tertiary alicyclic amines) is 1. The molecule has 1 aromatic rings. The van der Waals surface area contributed by atoms with Gasteiger partial charge in [0.2, 0.25) is 0 Å². The number of H-pyrrole nitrogens is 1. The number of nitrogens with one attached hydrogen (secondary N) is 1. The zero-order chi connectivity index (χ0) is 13.0. The lowest BCUT2D eigenvalue weighted by Crippen LogP contribution is -2.40. The number of aromatic nitrogens is 2. The normalized spacial score (nSPS) is 20.5. The third kappa shape index (κ3) is 2.97. The van der Waals surface area contributed by atoms with Gasteiger partial charge in [0.25, 0.3) is 5.91 Å². The first-order chi connectivity index (χ1) is 8.68. The van der Waals surface area contributed by atoms with Crippen LogP contribution in [0.25, 0.3) is 0 Å². The van der Waals surface area contributed by atoms with Crippen LogP contribution in [-0.2, 0) is 4.79 Å². The number of carbonyl (C=O) groups excluding carboxylic acids is 2. The van der Waals surface area contributed by atoms with E-state index in [0.29, 0.717) is 12.0 Å². The van der Waals surface area contributed by atoms with Crippen LogP contribution in [0.5, 0.6) is 0 Å². The zero-order valence-electron chi connectivity index (χ0n) is 10.7. The van der Waals surface area contributed by atoms with E-state index in [4.69, 9.17) is 0 Å². The predicted molar refractivity (Wildman–Crippen MR) is 67.2 cm³/mol. The van der Waals surface area contributed by atoms with Gasteiger partial charge in [-0.3, -0.25) is 14.7 Å². The van der Waals surface area contributed by atoms with Crippen LogP contribution in [0.3, 0.4) is 0 Å². The third-order valence-corrected chi connectivity index (χ3v) is 3.41. The van der Waals surface area contributed by atoms with Crippen molar-refractivity contribution in [2.45, 2.75) is 45.1 Å². The highest BCUT2D eigenvalue weighted by Gasteiger charge is 2.27. The van der Waals surface area contributed by atoms with E-state index in [0.717, 1.165) is 32.2 Å². The Kier molecular flexibility index (Phi) is 4.12. The minimum Gasteiger partial charge on any atom is -0.335 e. The number of nitrogens with zero attached hydrogens (tertiary/aromatic N) is 2. The van der Waals surface area contributed by atoms with E-state index < -0.39 is 0 Å². The van der Waals surface area contributed by atoms with Crippen LogP contribution in [0.1, 0.15) is 49.4 Å². The summed E-state index contributed by atoms with van der Waals surface area (Å²) in [5, 5.41) is 6.46. The molecule has 1 aromatic heterocycles. The number of ketones is 1. The summed E-state index contributed by atoms with van der Waals surface area (Å²) >= 11 is 0. The molecule has 0 aliphatic carbocycles. The van der Waals surface area contributed by atoms with Crippen molar-refractivity contribution in [1.29, 1.82) is 0 Å². The van der Waals surface area contributed by atoms with Gasteiger partial charge in [0, 0.05) is 25.2 Å². The van der Waals surface area contributed by atoms with Gasteiger partial charge < -0.3 is 4.90 Å². The lowest BCUT2D eigenvalue weighted by atomic mass is 10.0. The molecule has 1 saturated heterocycles. The number of aromatic amines is 1. The van der Waals surface area contributed by atoms with E-state index in [1.165, 1.54) is 6.20 Å². The molecule has 1 fully saturated rings. The van der Waals surface area contributed by atoms with E-state index in [1.54, 1.807) is 13.1 Å². The number of Topliss-reactive ketones (excluding diaryl/α,β-unsaturated/α-hetero) is 1. The van der Waals surface area contributed by atoms with Gasteiger partial charge in [-0.05, 0) is 19.8 Å². The smallest absolute Gasteiger partial charge is 0.257 e. The van der Waals surface area contributed by atoms with Crippen LogP contribution < -0.4 is 0 Å². The van der Waals surface area contributed by atoms with E-state index in [9.17, 15) is 9.59 Å². The summed E-state index contributed by atoms with van der Waals surface area (Å²) in [6.07, 6.45) is 7.76. The number of rotatable bonds is 3. The molecule has 1 N–H and O–H groups in total. The molecule has 2 rings (SSSR count). The predicted octanol–water partition coefficient (Wildman–Crippen LogP) is 1.77. The third-order valence-electron chi connectivity index (χ3n) is 3.41. The van der Waals surface area contributed by atoms with Crippen molar-refractivity contribution in [2.75, 3.05) is 6.54 Å². The Hall–Kier alpha value is -1.65. The molecule has 0 saturated carbocycles. The Morgan fingerprint density at radius 1 is 1.44 bits per heavy atom. The molecule has 5 nitrogen and oxygen atoms in total. The highest BCUT2D eigenvalue weighted by Crippen LogP contribution is 2.21. The van der Waals surface area contributed by atoms with Crippen LogP contribution in [-0.4, -0.2) is 39.4 Å². The number of hydrogen-bond donors (Lipinski definition) is 1. The molecule has 0 radical (unpaired) electrons. The molecule has 1 aliphatic heterocycles. The van der Waals surface area contributed by atoms with Gasteiger partial charge in [0.15, 0.2) is 0 Å². The van der Waals surface area contributed by atoms with E-state index >= 15 is 0 Å². The molecule has 5 heteroatoms. The Bertz CT molecular complexity index is 414. The molecule has 1 unspecified atom stereocenters. The summed E-state index contributed by atoms with van der Waals surface area (Å²) in [7, 11) is 0. The lowest BCUT2D eigenvalue weighted by Gasteiger charge is -2.29. The molecule has 1 atom stereocenters. The maximum Gasteiger partial charge on any atom is 0.257 e. The highest BCUT2D eigenvalue weighted by molar-refractivity contribution is 5.94. The fourth-order valence-electron chi connectivity index (χ4n) is 2.52. The fraction of sp³-hybridized carbons (Fsp3) is 0.615. The average Bonchev–Trinajstić information content (AvgIpc) is 2.76. The van der Waals surface area contributed by atoms with Gasteiger partial charge in [-0.15, -0.1) is 0 Å². The van der Waals surface area contributed by atoms with Gasteiger partial charge in [-0.25, -0.2) is 0 Å². The second-order valence-electron chi connectivity index (χ2n) is 4.89. The van der Waals surface area contributed by atoms with Gasteiger partial charge in [0.1, 0.15) is 5.78 Å². The Balaban J connectivity index is 2.14. The monoisotopic (exact) mass is 249 g/mol. The van der Waals surface area contributed by atoms with Crippen molar-refractivity contribution in [2.24, 2.45) is 0 Å². The van der Waals surface area contributed by atoms with Crippen LogP contribution in [0.2, 0.25) is 0 Å². The Labute approximate surface area is 107 Å². The summed E-state index contributed by atoms with van der Waals surface area (Å²) in [5.41, 5.74) is 0.574. The SMILES string of the molecule is CC(=O)CC1CCCCCN1C(=O)c1cn[nH]c1. The van der Waals surface area contributed by atoms with Crippen LogP contribution in [0.4, 0.5) is 0 Å². The largest absolute Gasteiger partial charge is 0.335 e. The van der Waals surface area contributed by atoms with Crippen molar-refractivity contribution in [3.05, 3.63) is 18.0 Å². The average molecular weight is 249 g/mol. The maximum atomic E-state index is 12.4. The van der Waals surface area contributed by atoms with Crippen LogP contribution >= 0.6 is 0 Å². The fourth-order valence-corrected chi connectivity index (χ4v) is 2.52. The van der Waals surface area contributed by atoms with Gasteiger partial charge in [-0.2, -0.15) is 5.10 Å². The lowest BCUT2D eigenvalue weighted by molar-refractivity contribution is -0.118. The summed E-state index contributed by atoms with van der Waals surface area (Å²) in [6.45, 7) is 2.33. The van der Waals surface area contributed by atoms with Crippen molar-refractivity contribution in [3.63, 3.8) is 0 Å². The molecular formula is C13H19N3O2. The van der Waals surface area contributed by atoms with Crippen molar-refractivity contribution >= 4 is 11.7 Å². The molecule has 98 valence electrons. The molecule has 1 amide bonds. The van der Waals surface area contributed by atoms with Crippen molar-refractivity contribution in [1.82, 2.24) is 15.1 Å². The highest BCUT2D eigenvalue weighted by atomic mass is 16.2. The summed E-state index contributed by atoms with van der Waals surface area (Å²) in [5.74, 6) is 0.129. The minimum absolute atomic E-state index is 0.0168. The van der Waals surface area contributed by atoms with Gasteiger partial charge >= 0.3 is 0 Å². The molecule has 0 aromatic carbocycles. The molecule has 1 aliphatic rings. The second kappa shape index (κ2) is 5.80. The molecular weight excluding hydrogens is 230 g/mol. The molecule has 2 heterocycles. The Morgan fingerprint density at radius 2 is 2.28 bits per heavy atom. The first-order valence-corrected chi connectivity index (χ1v) is 6.47. The first kappa shape index (κ1) is 12.8. The van der Waals surface area contributed by atoms with Gasteiger partial charge in [-0.1, -0.05) is 12.8 Å². The molecule has 0 spiro atoms. The standard InChI is InChI=1S/C13H19N3O2/c1-10(17)7-12-5-3-2-4-6-16(12)13(18)11-8-14-15-9-11/h8-9,12H,2-7H2,1H3,(H,14,15). The number of hydrogen-bond acceptors (Lipinski definition) is 3. The van der Waals surface area contributed by atoms with Crippen molar-refractivity contribution < 1.29 is 9.59 Å². The molecule has 18 heavy (non-hydrogen) atoms. The number of carbonyl (C=O) groups is 2. The Morgan fingerprint density at radius 3 is 2.94 bits per heavy atom. The summed E-state index contributed by atoms with van der Waals surface area (Å²) < 4.78 is 0. The van der Waals surface area contributed by atoms with Gasteiger partial charge in [0.05, 0.1) is 11.8 Å². The van der Waals surface area contributed by atoms with E-state index in [2.05, 4.69) is 10.2 Å². The topological polar surface area (TPSA) is 66.1 Å². The van der Waals surface area contributed by atoms with Crippen LogP contribution in [0, 0.1) is 0 Å². The summed E-state index contributed by atoms with van der Waals surface area (Å²) in [6, 6.07) is 0.0485. The van der Waals surface area contributed by atoms with E-state index in [1.807, 2.05) is 4.90 Å². The van der Waals surface area contributed by atoms with Crippen LogP contribution in [0.15, 0.2) is 12.4 Å². The number of amides is 1. The summed E-state index contributed by atoms with van der Waals surface area (Å²) in [4.78, 5) is 25.5. The van der Waals surface area contributed by atoms with E-state index in [-0.39, 0.29) is 17.7 Å². The van der Waals surface area contributed by atoms with Crippen molar-refractivity contribution in [3.8, 4) is 0 Å². The molecule has 0 bridgehead atoms. The zero-order valence-corrected chi connectivity index (χ0v) is 10.7. The second-order valence-corrected chi connectivity index (χ2v) is 4.89.